The van der Waals surface area contributed by atoms with Crippen molar-refractivity contribution in [1.29, 1.82) is 5.26 Å². The second-order valence-corrected chi connectivity index (χ2v) is 4.86. The van der Waals surface area contributed by atoms with Crippen LogP contribution in [0.4, 0.5) is 11.4 Å². The van der Waals surface area contributed by atoms with Crippen molar-refractivity contribution in [1.82, 2.24) is 4.90 Å². The lowest BCUT2D eigenvalue weighted by Gasteiger charge is -2.24. The fourth-order valence-corrected chi connectivity index (χ4v) is 2.36. The molecule has 0 saturated carbocycles. The predicted octanol–water partition coefficient (Wildman–Crippen LogP) is 1.67. The van der Waals surface area contributed by atoms with Crippen molar-refractivity contribution >= 4 is 11.4 Å². The Kier molecular flexibility index (Phi) is 4.06. The van der Waals surface area contributed by atoms with Gasteiger partial charge in [-0.2, -0.15) is 5.26 Å². The molecule has 0 aromatic heterocycles. The number of rotatable bonds is 4. The van der Waals surface area contributed by atoms with Gasteiger partial charge in [0, 0.05) is 20.1 Å². The van der Waals surface area contributed by atoms with Crippen molar-refractivity contribution in [2.45, 2.75) is 12.8 Å². The van der Waals surface area contributed by atoms with Crippen LogP contribution in [0.5, 0.6) is 0 Å². The molecule has 4 nitrogen and oxygen atoms in total. The number of likely N-dealkylation sites (N-methyl/N-ethyl adjacent to an activating group) is 1. The Labute approximate surface area is 109 Å². The van der Waals surface area contributed by atoms with Gasteiger partial charge in [0.05, 0.1) is 23.0 Å². The topological polar surface area (TPSA) is 56.3 Å². The van der Waals surface area contributed by atoms with E-state index in [4.69, 9.17) is 11.0 Å². The van der Waals surface area contributed by atoms with Crippen LogP contribution in [0.25, 0.3) is 0 Å². The number of anilines is 2. The van der Waals surface area contributed by atoms with Gasteiger partial charge >= 0.3 is 0 Å². The quantitative estimate of drug-likeness (QED) is 0.819. The average Bonchev–Trinajstić information content (AvgIpc) is 2.89. The summed E-state index contributed by atoms with van der Waals surface area (Å²) in [6.07, 6.45) is 2.63. The zero-order valence-electron chi connectivity index (χ0n) is 10.9. The van der Waals surface area contributed by atoms with E-state index in [1.165, 1.54) is 25.9 Å². The Hall–Kier alpha value is -1.73. The fourth-order valence-electron chi connectivity index (χ4n) is 2.36. The molecule has 1 saturated heterocycles. The summed E-state index contributed by atoms with van der Waals surface area (Å²) in [5, 5.41) is 8.92. The largest absolute Gasteiger partial charge is 0.397 e. The van der Waals surface area contributed by atoms with Gasteiger partial charge in [-0.25, -0.2) is 0 Å². The van der Waals surface area contributed by atoms with Gasteiger partial charge in [0.25, 0.3) is 0 Å². The number of nitrogen functional groups attached to an aromatic ring is 1. The number of hydrogen-bond donors (Lipinski definition) is 1. The van der Waals surface area contributed by atoms with Crippen LogP contribution in [0.15, 0.2) is 18.2 Å². The molecular formula is C14H20N4. The highest BCUT2D eigenvalue weighted by molar-refractivity contribution is 5.69. The first-order chi connectivity index (χ1) is 8.70. The third kappa shape index (κ3) is 2.93. The van der Waals surface area contributed by atoms with Gasteiger partial charge in [-0.1, -0.05) is 0 Å². The summed E-state index contributed by atoms with van der Waals surface area (Å²) in [4.78, 5) is 4.61. The van der Waals surface area contributed by atoms with E-state index >= 15 is 0 Å². The maximum absolute atomic E-state index is 8.92. The molecule has 1 fully saturated rings. The van der Waals surface area contributed by atoms with E-state index in [1.807, 2.05) is 13.1 Å². The van der Waals surface area contributed by atoms with Crippen LogP contribution in [0.3, 0.4) is 0 Å². The van der Waals surface area contributed by atoms with Gasteiger partial charge in [-0.15, -0.1) is 0 Å². The number of hydrogen-bond acceptors (Lipinski definition) is 4. The summed E-state index contributed by atoms with van der Waals surface area (Å²) in [6, 6.07) is 7.58. The molecule has 2 N–H and O–H groups in total. The number of benzene rings is 1. The lowest BCUT2D eigenvalue weighted by molar-refractivity contribution is 0.347. The first-order valence-electron chi connectivity index (χ1n) is 6.44. The molecule has 2 rings (SSSR count). The Balaban J connectivity index is 1.99. The number of likely N-dealkylation sites (tertiary alicyclic amines) is 1. The second-order valence-electron chi connectivity index (χ2n) is 4.86. The van der Waals surface area contributed by atoms with Crippen molar-refractivity contribution in [2.75, 3.05) is 43.9 Å². The molecule has 0 aliphatic carbocycles. The third-order valence-electron chi connectivity index (χ3n) is 3.52. The highest BCUT2D eigenvalue weighted by Crippen LogP contribution is 2.23. The first-order valence-corrected chi connectivity index (χ1v) is 6.44. The summed E-state index contributed by atoms with van der Waals surface area (Å²) in [7, 11) is 2.03. The standard InChI is InChI=1S/C14H20N4/c1-17(8-9-18-6-2-3-7-18)14-10-12(11-15)4-5-13(14)16/h4-5,10H,2-3,6-9,16H2,1H3. The van der Waals surface area contributed by atoms with E-state index in [0.717, 1.165) is 24.5 Å². The molecule has 0 unspecified atom stereocenters. The van der Waals surface area contributed by atoms with E-state index < -0.39 is 0 Å². The van der Waals surface area contributed by atoms with E-state index in [2.05, 4.69) is 15.9 Å². The minimum atomic E-state index is 0.659. The van der Waals surface area contributed by atoms with Gasteiger partial charge < -0.3 is 15.5 Å². The van der Waals surface area contributed by atoms with Crippen LogP contribution >= 0.6 is 0 Å². The maximum atomic E-state index is 8.92. The van der Waals surface area contributed by atoms with Crippen LogP contribution in [0.1, 0.15) is 18.4 Å². The van der Waals surface area contributed by atoms with Gasteiger partial charge in [0.15, 0.2) is 0 Å². The number of nitriles is 1. The third-order valence-corrected chi connectivity index (χ3v) is 3.52. The van der Waals surface area contributed by atoms with E-state index in [0.29, 0.717) is 5.56 Å². The van der Waals surface area contributed by atoms with Crippen LogP contribution in [-0.2, 0) is 0 Å². The van der Waals surface area contributed by atoms with Gasteiger partial charge in [-0.3, -0.25) is 0 Å². The molecule has 1 aliphatic heterocycles. The summed E-state index contributed by atoms with van der Waals surface area (Å²) in [6.45, 7) is 4.43. The fraction of sp³-hybridized carbons (Fsp3) is 0.500. The van der Waals surface area contributed by atoms with Crippen molar-refractivity contribution in [2.24, 2.45) is 0 Å². The molecule has 4 heteroatoms. The van der Waals surface area contributed by atoms with Gasteiger partial charge in [0.1, 0.15) is 0 Å². The molecule has 96 valence electrons. The Bertz CT molecular complexity index is 444. The highest BCUT2D eigenvalue weighted by Gasteiger charge is 2.13. The lowest BCUT2D eigenvalue weighted by atomic mass is 10.1. The normalized spacial score (nSPS) is 15.6. The molecule has 1 aliphatic rings. The van der Waals surface area contributed by atoms with E-state index in [1.54, 1.807) is 12.1 Å². The smallest absolute Gasteiger partial charge is 0.0992 e. The zero-order chi connectivity index (χ0) is 13.0. The predicted molar refractivity (Wildman–Crippen MR) is 74.5 cm³/mol. The molecular weight excluding hydrogens is 224 g/mol. The van der Waals surface area contributed by atoms with Gasteiger partial charge in [0.2, 0.25) is 0 Å². The van der Waals surface area contributed by atoms with Gasteiger partial charge in [-0.05, 0) is 44.1 Å². The number of nitrogens with two attached hydrogens (primary N) is 1. The lowest BCUT2D eigenvalue weighted by Crippen LogP contribution is -2.31. The molecule has 1 heterocycles. The molecule has 1 aromatic rings. The molecule has 0 bridgehead atoms. The average molecular weight is 244 g/mol. The van der Waals surface area contributed by atoms with Crippen LogP contribution in [-0.4, -0.2) is 38.1 Å². The summed E-state index contributed by atoms with van der Waals surface area (Å²) in [5.41, 5.74) is 8.31. The minimum absolute atomic E-state index is 0.659. The minimum Gasteiger partial charge on any atom is -0.397 e. The maximum Gasteiger partial charge on any atom is 0.0992 e. The second kappa shape index (κ2) is 5.74. The summed E-state index contributed by atoms with van der Waals surface area (Å²) >= 11 is 0. The Morgan fingerprint density at radius 1 is 1.39 bits per heavy atom. The van der Waals surface area contributed by atoms with E-state index in [9.17, 15) is 0 Å². The number of nitrogens with zero attached hydrogens (tertiary/aromatic N) is 3. The van der Waals surface area contributed by atoms with Crippen LogP contribution in [0.2, 0.25) is 0 Å². The molecule has 18 heavy (non-hydrogen) atoms. The van der Waals surface area contributed by atoms with Crippen molar-refractivity contribution in [3.05, 3.63) is 23.8 Å². The van der Waals surface area contributed by atoms with Crippen LogP contribution in [0, 0.1) is 11.3 Å². The molecule has 0 atom stereocenters. The molecule has 0 spiro atoms. The highest BCUT2D eigenvalue weighted by atomic mass is 15.2. The first kappa shape index (κ1) is 12.7. The molecule has 0 radical (unpaired) electrons. The molecule has 1 aromatic carbocycles. The van der Waals surface area contributed by atoms with Crippen molar-refractivity contribution < 1.29 is 0 Å². The van der Waals surface area contributed by atoms with Crippen molar-refractivity contribution in [3.8, 4) is 6.07 Å². The van der Waals surface area contributed by atoms with E-state index in [-0.39, 0.29) is 0 Å². The summed E-state index contributed by atoms with van der Waals surface area (Å²) in [5.74, 6) is 0. The SMILES string of the molecule is CN(CCN1CCCC1)c1cc(C#N)ccc1N. The molecule has 0 amide bonds. The Morgan fingerprint density at radius 2 is 2.11 bits per heavy atom. The van der Waals surface area contributed by atoms with Crippen molar-refractivity contribution in [3.63, 3.8) is 0 Å². The summed E-state index contributed by atoms with van der Waals surface area (Å²) < 4.78 is 0. The van der Waals surface area contributed by atoms with Crippen LogP contribution < -0.4 is 10.6 Å². The monoisotopic (exact) mass is 244 g/mol. The Morgan fingerprint density at radius 3 is 2.78 bits per heavy atom. The zero-order valence-corrected chi connectivity index (χ0v) is 10.9.